The predicted molar refractivity (Wildman–Crippen MR) is 352 cm³/mol. The summed E-state index contributed by atoms with van der Waals surface area (Å²) < 4.78 is 54.0. The first-order valence-corrected chi connectivity index (χ1v) is 33.4. The highest BCUT2D eigenvalue weighted by Crippen LogP contribution is 2.38. The number of hydrogen-bond donors (Lipinski definition) is 6. The Morgan fingerprint density at radius 3 is 2.38 bits per heavy atom. The lowest BCUT2D eigenvalue weighted by Gasteiger charge is -2.39. The van der Waals surface area contributed by atoms with Crippen LogP contribution in [0.15, 0.2) is 126 Å². The zero-order valence-electron chi connectivity index (χ0n) is 51.8. The fourth-order valence-electron chi connectivity index (χ4n) is 12.5. The normalized spacial score (nSPS) is 17.3. The van der Waals surface area contributed by atoms with Gasteiger partial charge in [0.25, 0.3) is 33.4 Å². The Hall–Kier alpha value is -9.51. The van der Waals surface area contributed by atoms with Gasteiger partial charge >= 0.3 is 0 Å². The first kappa shape index (κ1) is 65.5. The van der Waals surface area contributed by atoms with E-state index in [1.807, 2.05) is 42.5 Å². The second-order valence-corrected chi connectivity index (χ2v) is 26.1. The molecule has 6 amide bonds. The molecule has 496 valence electrons. The van der Waals surface area contributed by atoms with E-state index in [1.165, 1.54) is 30.5 Å². The molecule has 4 saturated heterocycles. The molecule has 7 heterocycles. The summed E-state index contributed by atoms with van der Waals surface area (Å²) in [4.78, 5) is 104. The maximum absolute atomic E-state index is 14.1. The molecule has 1 atom stereocenters. The molecule has 0 aliphatic carbocycles. The Morgan fingerprint density at radius 1 is 0.800 bits per heavy atom. The number of fused-ring (bicyclic) bond motifs is 2. The van der Waals surface area contributed by atoms with Crippen molar-refractivity contribution < 1.29 is 61.1 Å². The number of carbonyl (C=O) groups excluding carboxylic acids is 6. The predicted octanol–water partition coefficient (Wildman–Crippen LogP) is 7.21. The number of anilines is 3. The third kappa shape index (κ3) is 15.5. The van der Waals surface area contributed by atoms with Crippen molar-refractivity contribution in [2.24, 2.45) is 11.8 Å². The number of nitro benzene ring substituents is 1. The number of likely N-dealkylation sites (tertiary alicyclic amines) is 1. The molecule has 0 radical (unpaired) electrons. The summed E-state index contributed by atoms with van der Waals surface area (Å²) in [5.74, 6) is -1.83. The zero-order chi connectivity index (χ0) is 66.2. The van der Waals surface area contributed by atoms with Gasteiger partial charge in [-0.05, 0) is 103 Å². The lowest BCUT2D eigenvalue weighted by atomic mass is 9.97. The van der Waals surface area contributed by atoms with Crippen LogP contribution in [0.3, 0.4) is 0 Å². The summed E-state index contributed by atoms with van der Waals surface area (Å²) in [5.41, 5.74) is 4.75. The number of ether oxygens (including phenoxy) is 4. The third-order valence-corrected chi connectivity index (χ3v) is 19.2. The summed E-state index contributed by atoms with van der Waals surface area (Å²) in [7, 11) is -4.63. The van der Waals surface area contributed by atoms with Gasteiger partial charge in [-0.25, -0.2) is 18.1 Å². The molecule has 5 aliphatic heterocycles. The van der Waals surface area contributed by atoms with E-state index < -0.39 is 61.1 Å². The fraction of sp³-hybridized carbons (Fsp3) is 0.358. The molecule has 0 saturated carbocycles. The maximum Gasteiger partial charge on any atom is 0.293 e. The highest BCUT2D eigenvalue weighted by Gasteiger charge is 2.46. The number of hydrogen-bond acceptors (Lipinski definition) is 20. The highest BCUT2D eigenvalue weighted by atomic mass is 35.5. The SMILES string of the molecule is O=C(CCOCCNc1cccc2c1C(=O)N(C1CCC(=O)NC1=O)C2=O)NCCN1CC(COc2cccc(-c3ccc(Cl)cc3)c2CN2CCN(c3ccc(C(=O)NS(=O)(=O)c4ccc(NCC5CCOCC5)c([N+](=O)[O-])c4)c(Oc4cnc5[nH]ccc5c4)c3)CC2)C1. The molecule has 5 aromatic carbocycles. The first-order chi connectivity index (χ1) is 46.0. The Labute approximate surface area is 552 Å². The van der Waals surface area contributed by atoms with E-state index >= 15 is 0 Å². The number of aromatic amines is 1. The standard InChI is InChI=1S/C67H71ClN12O14S/c68-46-9-7-44(8-10-46)50-3-2-6-58(93-41-43-38-77(39-43)24-22-70-60(81)20-31-92-32-23-69-55-5-1-4-52-62(55)67(86)79(66(52)85)56-15-16-61(82)74-65(56)84)53(50)40-76-25-27-78(28-26-76)47-11-13-51(59(34-47)94-48-33-45-17-21-71-63(45)73-37-48)64(83)75-95(89,90)49-12-14-54(57(35-49)80(87)88)72-36-42-18-29-91-30-19-42/h1-14,17,21,33-35,37,42-43,56,69,72H,15-16,18-20,22-32,36,38-41H2,(H,70,81)(H,71,73)(H,75,83)(H,74,82,84). The number of imide groups is 2. The zero-order valence-corrected chi connectivity index (χ0v) is 53.4. The minimum atomic E-state index is -4.63. The molecule has 1 unspecified atom stereocenters. The summed E-state index contributed by atoms with van der Waals surface area (Å²) in [6.45, 7) is 8.60. The van der Waals surface area contributed by atoms with Crippen molar-refractivity contribution in [3.63, 3.8) is 0 Å². The number of nitrogens with one attached hydrogen (secondary N) is 6. The van der Waals surface area contributed by atoms with E-state index in [2.05, 4.69) is 56.7 Å². The van der Waals surface area contributed by atoms with Gasteiger partial charge in [-0.1, -0.05) is 41.9 Å². The second-order valence-electron chi connectivity index (χ2n) is 24.0. The van der Waals surface area contributed by atoms with Gasteiger partial charge in [0.15, 0.2) is 0 Å². The van der Waals surface area contributed by atoms with Gasteiger partial charge in [0.05, 0.1) is 52.5 Å². The molecule has 2 aromatic heterocycles. The molecule has 5 aliphatic rings. The smallest absolute Gasteiger partial charge is 0.293 e. The number of pyridine rings is 1. The molecular formula is C67H71ClN12O14S. The minimum absolute atomic E-state index is 0.0275. The third-order valence-electron chi connectivity index (χ3n) is 17.6. The van der Waals surface area contributed by atoms with Gasteiger partial charge in [-0.3, -0.25) is 54.0 Å². The van der Waals surface area contributed by atoms with Crippen LogP contribution in [-0.4, -0.2) is 178 Å². The number of piperidine rings is 1. The van der Waals surface area contributed by atoms with E-state index in [0.717, 1.165) is 70.4 Å². The van der Waals surface area contributed by atoms with Crippen LogP contribution in [-0.2, 0) is 40.4 Å². The molecule has 26 nitrogen and oxygen atoms in total. The van der Waals surface area contributed by atoms with Crippen molar-refractivity contribution in [3.8, 4) is 28.4 Å². The van der Waals surface area contributed by atoms with Crippen molar-refractivity contribution in [2.75, 3.05) is 114 Å². The van der Waals surface area contributed by atoms with Crippen LogP contribution < -0.4 is 40.4 Å². The van der Waals surface area contributed by atoms with Crippen molar-refractivity contribution in [1.29, 1.82) is 0 Å². The number of H-pyrrole nitrogens is 1. The van der Waals surface area contributed by atoms with Crippen LogP contribution in [0.5, 0.6) is 17.2 Å². The van der Waals surface area contributed by atoms with Crippen LogP contribution in [0, 0.1) is 22.0 Å². The van der Waals surface area contributed by atoms with Crippen LogP contribution in [0.4, 0.5) is 22.7 Å². The van der Waals surface area contributed by atoms with Gasteiger partial charge < -0.3 is 49.7 Å². The number of benzene rings is 5. The average molecular weight is 1340 g/mol. The highest BCUT2D eigenvalue weighted by molar-refractivity contribution is 7.90. The molecule has 28 heteroatoms. The van der Waals surface area contributed by atoms with Gasteiger partial charge in [0.1, 0.15) is 34.6 Å². The number of rotatable bonds is 27. The largest absolute Gasteiger partial charge is 0.493 e. The Kier molecular flexibility index (Phi) is 20.3. The number of amides is 6. The summed E-state index contributed by atoms with van der Waals surface area (Å²) in [5, 5.41) is 25.0. The molecule has 7 aromatic rings. The van der Waals surface area contributed by atoms with E-state index in [-0.39, 0.29) is 84.9 Å². The number of aromatic nitrogens is 2. The van der Waals surface area contributed by atoms with Gasteiger partial charge in [0.2, 0.25) is 17.7 Å². The lowest BCUT2D eigenvalue weighted by Crippen LogP contribution is -2.54. The number of nitro groups is 1. The quantitative estimate of drug-likeness (QED) is 0.0128. The monoisotopic (exact) mass is 1330 g/mol. The number of sulfonamides is 1. The van der Waals surface area contributed by atoms with E-state index in [0.29, 0.717) is 94.3 Å². The second kappa shape index (κ2) is 29.4. The molecule has 0 spiro atoms. The summed E-state index contributed by atoms with van der Waals surface area (Å²) >= 11 is 6.36. The van der Waals surface area contributed by atoms with E-state index in [4.69, 9.17) is 30.5 Å². The van der Waals surface area contributed by atoms with E-state index in [9.17, 15) is 47.3 Å². The maximum atomic E-state index is 14.1. The summed E-state index contributed by atoms with van der Waals surface area (Å²) in [6, 6.07) is 29.6. The van der Waals surface area contributed by atoms with Crippen molar-refractivity contribution >= 4 is 90.9 Å². The first-order valence-electron chi connectivity index (χ1n) is 31.6. The topological polar surface area (TPSA) is 318 Å². The fourth-order valence-corrected chi connectivity index (χ4v) is 13.6. The molecular weight excluding hydrogens is 1260 g/mol. The van der Waals surface area contributed by atoms with Crippen LogP contribution >= 0.6 is 11.6 Å². The number of nitrogens with zero attached hydrogens (tertiary/aromatic N) is 6. The number of piperazine rings is 1. The summed E-state index contributed by atoms with van der Waals surface area (Å²) in [6.07, 6.45) is 5.06. The van der Waals surface area contributed by atoms with Gasteiger partial charge in [-0.2, -0.15) is 0 Å². The molecule has 6 N–H and O–H groups in total. The van der Waals surface area contributed by atoms with Crippen LogP contribution in [0.25, 0.3) is 22.2 Å². The van der Waals surface area contributed by atoms with Crippen molar-refractivity contribution in [1.82, 2.24) is 40.0 Å². The van der Waals surface area contributed by atoms with E-state index in [1.54, 1.807) is 36.5 Å². The Morgan fingerprint density at radius 2 is 1.59 bits per heavy atom. The Balaban J connectivity index is 0.623. The Bertz CT molecular complexity index is 4170. The van der Waals surface area contributed by atoms with Crippen LogP contribution in [0.1, 0.15) is 68.7 Å². The number of carbonyl (C=O) groups is 6. The lowest BCUT2D eigenvalue weighted by molar-refractivity contribution is -0.384. The van der Waals surface area contributed by atoms with Gasteiger partial charge in [0, 0.05) is 150 Å². The molecule has 12 rings (SSSR count). The van der Waals surface area contributed by atoms with Crippen molar-refractivity contribution in [3.05, 3.63) is 159 Å². The average Bonchev–Trinajstić information content (AvgIpc) is 1.64. The van der Waals surface area contributed by atoms with Gasteiger partial charge in [-0.15, -0.1) is 0 Å². The minimum Gasteiger partial charge on any atom is -0.493 e. The van der Waals surface area contributed by atoms with Crippen LogP contribution in [0.2, 0.25) is 5.02 Å². The molecule has 95 heavy (non-hydrogen) atoms. The molecule has 4 fully saturated rings. The van der Waals surface area contributed by atoms with Crippen molar-refractivity contribution in [2.45, 2.75) is 49.6 Å². The number of halogens is 1. The molecule has 0 bridgehead atoms.